The van der Waals surface area contributed by atoms with Crippen molar-refractivity contribution in [3.8, 4) is 5.75 Å². The Bertz CT molecular complexity index is 759. The smallest absolute Gasteiger partial charge is 0.407 e. The highest BCUT2D eigenvalue weighted by molar-refractivity contribution is 5.80. The number of aliphatic carboxylic acids is 1. The first-order chi connectivity index (χ1) is 11.7. The van der Waals surface area contributed by atoms with Gasteiger partial charge >= 0.3 is 12.1 Å². The number of nitrogens with one attached hydrogen (secondary N) is 1. The van der Waals surface area contributed by atoms with E-state index in [-0.39, 0.29) is 13.0 Å². The molecule has 0 fully saturated rings. The summed E-state index contributed by atoms with van der Waals surface area (Å²) in [4.78, 5) is 23.0. The summed E-state index contributed by atoms with van der Waals surface area (Å²) in [6.45, 7) is 5.37. The number of furan rings is 1. The molecule has 7 heteroatoms. The van der Waals surface area contributed by atoms with Crippen LogP contribution in [-0.4, -0.2) is 36.4 Å². The van der Waals surface area contributed by atoms with Crippen molar-refractivity contribution in [2.75, 3.05) is 13.7 Å². The number of hydrogen-bond acceptors (Lipinski definition) is 5. The number of methoxy groups -OCH3 is 1. The molecule has 1 amide bonds. The molecule has 0 bridgehead atoms. The Kier molecular flexibility index (Phi) is 5.56. The third-order valence-electron chi connectivity index (χ3n) is 3.46. The molecule has 25 heavy (non-hydrogen) atoms. The number of amides is 1. The van der Waals surface area contributed by atoms with Crippen LogP contribution in [0.5, 0.6) is 5.75 Å². The quantitative estimate of drug-likeness (QED) is 0.828. The Morgan fingerprint density at radius 1 is 1.28 bits per heavy atom. The molecular weight excluding hydrogens is 326 g/mol. The summed E-state index contributed by atoms with van der Waals surface area (Å²) >= 11 is 0. The standard InChI is InChI=1S/C18H23NO6/c1-18(2,3)25-17(22)19-10-12(9-16(20)21)15-8-11-7-13(23-4)5-6-14(11)24-15/h5-8,12H,9-10H2,1-4H3,(H,19,22)(H,20,21). The van der Waals surface area contributed by atoms with Crippen LogP contribution < -0.4 is 10.1 Å². The predicted molar refractivity (Wildman–Crippen MR) is 92.0 cm³/mol. The lowest BCUT2D eigenvalue weighted by Gasteiger charge is -2.21. The fourth-order valence-corrected chi connectivity index (χ4v) is 2.37. The van der Waals surface area contributed by atoms with Crippen molar-refractivity contribution < 1.29 is 28.6 Å². The Morgan fingerprint density at radius 3 is 2.60 bits per heavy atom. The maximum absolute atomic E-state index is 11.8. The summed E-state index contributed by atoms with van der Waals surface area (Å²) in [5.41, 5.74) is 0.00548. The lowest BCUT2D eigenvalue weighted by Crippen LogP contribution is -2.35. The van der Waals surface area contributed by atoms with Crippen LogP contribution in [0.1, 0.15) is 38.9 Å². The first kappa shape index (κ1) is 18.6. The highest BCUT2D eigenvalue weighted by atomic mass is 16.6. The molecule has 2 aromatic rings. The number of ether oxygens (including phenoxy) is 2. The number of carbonyl (C=O) groups excluding carboxylic acids is 1. The SMILES string of the molecule is COc1ccc2oc(C(CNC(=O)OC(C)(C)C)CC(=O)O)cc2c1. The van der Waals surface area contributed by atoms with E-state index in [9.17, 15) is 9.59 Å². The molecule has 0 radical (unpaired) electrons. The van der Waals surface area contributed by atoms with Crippen LogP contribution in [0.15, 0.2) is 28.7 Å². The lowest BCUT2D eigenvalue weighted by molar-refractivity contribution is -0.137. The van der Waals surface area contributed by atoms with E-state index in [1.165, 1.54) is 0 Å². The molecule has 7 nitrogen and oxygen atoms in total. The average Bonchev–Trinajstić information content (AvgIpc) is 2.92. The van der Waals surface area contributed by atoms with Gasteiger partial charge in [0.05, 0.1) is 13.5 Å². The normalized spacial score (nSPS) is 12.6. The Balaban J connectivity index is 2.16. The minimum atomic E-state index is -0.978. The van der Waals surface area contributed by atoms with Crippen LogP contribution in [0.3, 0.4) is 0 Å². The second kappa shape index (κ2) is 7.46. The number of benzene rings is 1. The summed E-state index contributed by atoms with van der Waals surface area (Å²) in [5, 5.41) is 12.6. The lowest BCUT2D eigenvalue weighted by atomic mass is 10.0. The zero-order valence-electron chi connectivity index (χ0n) is 14.8. The van der Waals surface area contributed by atoms with E-state index in [2.05, 4.69) is 5.32 Å². The van der Waals surface area contributed by atoms with Gasteiger partial charge in [-0.15, -0.1) is 0 Å². The molecule has 1 aromatic carbocycles. The molecule has 136 valence electrons. The van der Waals surface area contributed by atoms with Crippen molar-refractivity contribution in [2.24, 2.45) is 0 Å². The van der Waals surface area contributed by atoms with Crippen LogP contribution in [0.4, 0.5) is 4.79 Å². The van der Waals surface area contributed by atoms with E-state index in [4.69, 9.17) is 19.0 Å². The number of carboxylic acids is 1. The molecule has 2 rings (SSSR count). The fraction of sp³-hybridized carbons (Fsp3) is 0.444. The van der Waals surface area contributed by atoms with Crippen molar-refractivity contribution >= 4 is 23.0 Å². The summed E-state index contributed by atoms with van der Waals surface area (Å²) in [5.74, 6) is -0.319. The number of hydrogen-bond donors (Lipinski definition) is 2. The molecule has 0 saturated heterocycles. The zero-order valence-corrected chi connectivity index (χ0v) is 14.8. The first-order valence-corrected chi connectivity index (χ1v) is 7.94. The van der Waals surface area contributed by atoms with E-state index in [0.29, 0.717) is 17.1 Å². The van der Waals surface area contributed by atoms with E-state index in [1.54, 1.807) is 52.1 Å². The largest absolute Gasteiger partial charge is 0.497 e. The maximum atomic E-state index is 11.8. The molecule has 1 unspecified atom stereocenters. The van der Waals surface area contributed by atoms with Gasteiger partial charge in [-0.05, 0) is 45.0 Å². The minimum absolute atomic E-state index is 0.0954. The second-order valence-electron chi connectivity index (χ2n) is 6.73. The molecule has 1 heterocycles. The first-order valence-electron chi connectivity index (χ1n) is 7.94. The highest BCUT2D eigenvalue weighted by Crippen LogP contribution is 2.29. The number of carbonyl (C=O) groups is 2. The summed E-state index contributed by atoms with van der Waals surface area (Å²) < 4.78 is 16.1. The van der Waals surface area contributed by atoms with Crippen molar-refractivity contribution in [1.82, 2.24) is 5.32 Å². The molecule has 0 spiro atoms. The van der Waals surface area contributed by atoms with E-state index in [1.807, 2.05) is 0 Å². The van der Waals surface area contributed by atoms with Gasteiger partial charge in [-0.3, -0.25) is 4.79 Å². The van der Waals surface area contributed by atoms with Crippen LogP contribution in [0.2, 0.25) is 0 Å². The van der Waals surface area contributed by atoms with E-state index < -0.39 is 23.6 Å². The Hall–Kier alpha value is -2.70. The van der Waals surface area contributed by atoms with Crippen LogP contribution >= 0.6 is 0 Å². The average molecular weight is 349 g/mol. The topological polar surface area (TPSA) is 98.0 Å². The summed E-state index contributed by atoms with van der Waals surface area (Å²) in [7, 11) is 1.57. The number of alkyl carbamates (subject to hydrolysis) is 1. The van der Waals surface area contributed by atoms with Crippen LogP contribution in [0, 0.1) is 0 Å². The molecule has 0 aliphatic carbocycles. The Labute approximate surface area is 145 Å². The molecule has 0 saturated carbocycles. The highest BCUT2D eigenvalue weighted by Gasteiger charge is 2.23. The van der Waals surface area contributed by atoms with Gasteiger partial charge in [0.1, 0.15) is 22.7 Å². The molecule has 1 atom stereocenters. The van der Waals surface area contributed by atoms with Gasteiger partial charge in [0.25, 0.3) is 0 Å². The second-order valence-corrected chi connectivity index (χ2v) is 6.73. The van der Waals surface area contributed by atoms with Crippen molar-refractivity contribution in [2.45, 2.75) is 38.7 Å². The molecule has 1 aromatic heterocycles. The third-order valence-corrected chi connectivity index (χ3v) is 3.46. The van der Waals surface area contributed by atoms with Gasteiger partial charge in [-0.2, -0.15) is 0 Å². The Morgan fingerprint density at radius 2 is 2.00 bits per heavy atom. The third kappa shape index (κ3) is 5.41. The maximum Gasteiger partial charge on any atom is 0.407 e. The van der Waals surface area contributed by atoms with Gasteiger partial charge in [-0.1, -0.05) is 0 Å². The number of rotatable bonds is 6. The monoisotopic (exact) mass is 349 g/mol. The predicted octanol–water partition coefficient (Wildman–Crippen LogP) is 3.52. The summed E-state index contributed by atoms with van der Waals surface area (Å²) in [6.07, 6.45) is -0.770. The molecule has 2 N–H and O–H groups in total. The van der Waals surface area contributed by atoms with Crippen LogP contribution in [-0.2, 0) is 9.53 Å². The number of carboxylic acid groups (broad SMARTS) is 1. The molecular formula is C18H23NO6. The van der Waals surface area contributed by atoms with E-state index in [0.717, 1.165) is 5.39 Å². The number of fused-ring (bicyclic) bond motifs is 1. The van der Waals surface area contributed by atoms with E-state index >= 15 is 0 Å². The van der Waals surface area contributed by atoms with Gasteiger partial charge in [0.15, 0.2) is 0 Å². The van der Waals surface area contributed by atoms with Gasteiger partial charge in [0, 0.05) is 17.8 Å². The molecule has 0 aliphatic heterocycles. The van der Waals surface area contributed by atoms with Crippen molar-refractivity contribution in [3.05, 3.63) is 30.0 Å². The fourth-order valence-electron chi connectivity index (χ4n) is 2.37. The zero-order chi connectivity index (χ0) is 18.6. The van der Waals surface area contributed by atoms with Crippen molar-refractivity contribution in [3.63, 3.8) is 0 Å². The van der Waals surface area contributed by atoms with Crippen LogP contribution in [0.25, 0.3) is 11.0 Å². The van der Waals surface area contributed by atoms with Gasteiger partial charge < -0.3 is 24.3 Å². The molecule has 0 aliphatic rings. The van der Waals surface area contributed by atoms with Gasteiger partial charge in [0.2, 0.25) is 0 Å². The summed E-state index contributed by atoms with van der Waals surface area (Å²) in [6, 6.07) is 7.10. The van der Waals surface area contributed by atoms with Gasteiger partial charge in [-0.25, -0.2) is 4.79 Å². The minimum Gasteiger partial charge on any atom is -0.497 e. The van der Waals surface area contributed by atoms with Crippen molar-refractivity contribution in [1.29, 1.82) is 0 Å².